The average molecular weight is 447 g/mol. The maximum Gasteiger partial charge on any atom is 0.244 e. The number of para-hydroxylation sites is 3. The van der Waals surface area contributed by atoms with Gasteiger partial charge >= 0.3 is 0 Å². The number of aryl methyl sites for hydroxylation is 2. The van der Waals surface area contributed by atoms with Crippen molar-refractivity contribution in [2.75, 3.05) is 11.9 Å². The Hall–Kier alpha value is -3.15. The molecule has 2 amide bonds. The zero-order valence-electron chi connectivity index (χ0n) is 19.5. The van der Waals surface area contributed by atoms with Gasteiger partial charge in [-0.1, -0.05) is 56.5 Å². The lowest BCUT2D eigenvalue weighted by Gasteiger charge is -2.20. The first kappa shape index (κ1) is 23.0. The van der Waals surface area contributed by atoms with Crippen molar-refractivity contribution in [2.24, 2.45) is 5.92 Å². The van der Waals surface area contributed by atoms with Crippen LogP contribution in [-0.4, -0.2) is 27.9 Å². The molecule has 0 unspecified atom stereocenters. The van der Waals surface area contributed by atoms with E-state index in [4.69, 9.17) is 4.98 Å². The maximum atomic E-state index is 12.9. The fourth-order valence-electron chi connectivity index (χ4n) is 4.74. The van der Waals surface area contributed by atoms with E-state index in [-0.39, 0.29) is 24.3 Å². The number of rotatable bonds is 9. The van der Waals surface area contributed by atoms with Crippen LogP contribution in [0.5, 0.6) is 0 Å². The van der Waals surface area contributed by atoms with Crippen LogP contribution in [0.2, 0.25) is 0 Å². The molecular formula is C27H34N4O2. The van der Waals surface area contributed by atoms with E-state index < -0.39 is 0 Å². The monoisotopic (exact) mass is 446 g/mol. The van der Waals surface area contributed by atoms with E-state index in [1.165, 1.54) is 6.42 Å². The molecule has 0 bridgehead atoms. The molecule has 174 valence electrons. The van der Waals surface area contributed by atoms with Crippen LogP contribution in [0, 0.1) is 5.92 Å². The molecule has 0 radical (unpaired) electrons. The number of carbonyl (C=O) groups is 2. The second-order valence-corrected chi connectivity index (χ2v) is 8.89. The van der Waals surface area contributed by atoms with Crippen LogP contribution >= 0.6 is 0 Å². The summed E-state index contributed by atoms with van der Waals surface area (Å²) in [7, 11) is 0. The van der Waals surface area contributed by atoms with Crippen LogP contribution in [0.15, 0.2) is 48.5 Å². The van der Waals surface area contributed by atoms with Crippen LogP contribution < -0.4 is 10.6 Å². The van der Waals surface area contributed by atoms with E-state index in [1.54, 1.807) is 0 Å². The highest BCUT2D eigenvalue weighted by molar-refractivity contribution is 5.92. The molecule has 6 heteroatoms. The summed E-state index contributed by atoms with van der Waals surface area (Å²) in [6.45, 7) is 2.93. The Morgan fingerprint density at radius 1 is 1.03 bits per heavy atom. The fourth-order valence-corrected chi connectivity index (χ4v) is 4.74. The van der Waals surface area contributed by atoms with Crippen LogP contribution in [0.1, 0.15) is 56.8 Å². The van der Waals surface area contributed by atoms with Gasteiger partial charge in [-0.2, -0.15) is 0 Å². The molecule has 1 aliphatic carbocycles. The third kappa shape index (κ3) is 5.81. The number of hydrogen-bond acceptors (Lipinski definition) is 3. The van der Waals surface area contributed by atoms with Gasteiger partial charge in [0, 0.05) is 24.6 Å². The lowest BCUT2D eigenvalue weighted by Crippen LogP contribution is -2.32. The number of benzene rings is 2. The number of imidazole rings is 1. The minimum absolute atomic E-state index is 0.0640. The van der Waals surface area contributed by atoms with Gasteiger partial charge in [-0.15, -0.1) is 0 Å². The fraction of sp³-hybridized carbons (Fsp3) is 0.444. The van der Waals surface area contributed by atoms with Gasteiger partial charge in [-0.05, 0) is 49.4 Å². The minimum Gasteiger partial charge on any atom is -0.356 e. The Bertz CT molecular complexity index is 1100. The molecule has 0 aliphatic heterocycles. The molecule has 0 spiro atoms. The van der Waals surface area contributed by atoms with Gasteiger partial charge in [0.05, 0.1) is 11.0 Å². The Kier molecular flexibility index (Phi) is 7.76. The highest BCUT2D eigenvalue weighted by Gasteiger charge is 2.20. The molecule has 33 heavy (non-hydrogen) atoms. The Morgan fingerprint density at radius 3 is 2.61 bits per heavy atom. The van der Waals surface area contributed by atoms with Crippen molar-refractivity contribution < 1.29 is 9.59 Å². The number of nitrogens with zero attached hydrogens (tertiary/aromatic N) is 2. The highest BCUT2D eigenvalue weighted by atomic mass is 16.2. The molecule has 1 aliphatic rings. The van der Waals surface area contributed by atoms with E-state index in [1.807, 2.05) is 53.1 Å². The van der Waals surface area contributed by atoms with Crippen molar-refractivity contribution in [3.63, 3.8) is 0 Å². The molecule has 1 saturated carbocycles. The lowest BCUT2D eigenvalue weighted by atomic mass is 9.89. The van der Waals surface area contributed by atoms with E-state index in [0.29, 0.717) is 13.0 Å². The summed E-state index contributed by atoms with van der Waals surface area (Å²) in [5.41, 5.74) is 3.83. The Balaban J connectivity index is 1.40. The first-order valence-electron chi connectivity index (χ1n) is 12.3. The van der Waals surface area contributed by atoms with Crippen LogP contribution in [0.3, 0.4) is 0 Å². The number of fused-ring (bicyclic) bond motifs is 1. The number of hydrogen-bond donors (Lipinski definition) is 2. The number of aromatic nitrogens is 2. The second-order valence-electron chi connectivity index (χ2n) is 8.89. The van der Waals surface area contributed by atoms with Gasteiger partial charge in [0.25, 0.3) is 0 Å². The number of carbonyl (C=O) groups excluding carboxylic acids is 2. The molecule has 1 aromatic heterocycles. The molecule has 0 saturated heterocycles. The van der Waals surface area contributed by atoms with Crippen molar-refractivity contribution in [2.45, 2.75) is 64.8 Å². The SMILES string of the molecule is CCc1ccccc1NC(=O)Cn1c(CCCNC(=O)C2CCCCC2)nc2ccccc21. The summed E-state index contributed by atoms with van der Waals surface area (Å²) in [6.07, 6.45) is 7.95. The van der Waals surface area contributed by atoms with Crippen molar-refractivity contribution in [1.29, 1.82) is 0 Å². The van der Waals surface area contributed by atoms with E-state index >= 15 is 0 Å². The zero-order chi connectivity index (χ0) is 23.0. The molecule has 2 N–H and O–H groups in total. The van der Waals surface area contributed by atoms with Crippen molar-refractivity contribution in [1.82, 2.24) is 14.9 Å². The predicted molar refractivity (Wildman–Crippen MR) is 132 cm³/mol. The van der Waals surface area contributed by atoms with E-state index in [9.17, 15) is 9.59 Å². The molecule has 0 atom stereocenters. The van der Waals surface area contributed by atoms with Crippen LogP contribution in [0.25, 0.3) is 11.0 Å². The normalized spacial score (nSPS) is 14.3. The quantitative estimate of drug-likeness (QED) is 0.461. The summed E-state index contributed by atoms with van der Waals surface area (Å²) >= 11 is 0. The highest BCUT2D eigenvalue weighted by Crippen LogP contribution is 2.23. The molecular weight excluding hydrogens is 412 g/mol. The molecule has 1 fully saturated rings. The third-order valence-corrected chi connectivity index (χ3v) is 6.56. The van der Waals surface area contributed by atoms with Crippen LogP contribution in [0.4, 0.5) is 5.69 Å². The van der Waals surface area contributed by atoms with Gasteiger partial charge in [0.2, 0.25) is 11.8 Å². The summed E-state index contributed by atoms with van der Waals surface area (Å²) < 4.78 is 2.00. The van der Waals surface area contributed by atoms with Gasteiger partial charge in [-0.3, -0.25) is 9.59 Å². The second kappa shape index (κ2) is 11.1. The molecule has 3 aromatic rings. The summed E-state index contributed by atoms with van der Waals surface area (Å²) in [6, 6.07) is 15.8. The van der Waals surface area contributed by atoms with Gasteiger partial charge in [0.1, 0.15) is 12.4 Å². The number of anilines is 1. The van der Waals surface area contributed by atoms with Crippen LogP contribution in [-0.2, 0) is 29.0 Å². The Morgan fingerprint density at radius 2 is 1.79 bits per heavy atom. The topological polar surface area (TPSA) is 76.0 Å². The third-order valence-electron chi connectivity index (χ3n) is 6.56. The molecule has 4 rings (SSSR count). The zero-order valence-corrected chi connectivity index (χ0v) is 19.5. The summed E-state index contributed by atoms with van der Waals surface area (Å²) in [4.78, 5) is 30.1. The Labute approximate surface area is 195 Å². The molecule has 6 nitrogen and oxygen atoms in total. The predicted octanol–water partition coefficient (Wildman–Crippen LogP) is 4.87. The summed E-state index contributed by atoms with van der Waals surface area (Å²) in [5.74, 6) is 1.18. The smallest absolute Gasteiger partial charge is 0.244 e. The lowest BCUT2D eigenvalue weighted by molar-refractivity contribution is -0.125. The largest absolute Gasteiger partial charge is 0.356 e. The van der Waals surface area contributed by atoms with Gasteiger partial charge in [-0.25, -0.2) is 4.98 Å². The van der Waals surface area contributed by atoms with Crippen molar-refractivity contribution in [3.8, 4) is 0 Å². The van der Waals surface area contributed by atoms with Gasteiger partial charge < -0.3 is 15.2 Å². The van der Waals surface area contributed by atoms with E-state index in [0.717, 1.165) is 66.6 Å². The average Bonchev–Trinajstić information content (AvgIpc) is 3.19. The van der Waals surface area contributed by atoms with Crippen molar-refractivity contribution >= 4 is 28.5 Å². The van der Waals surface area contributed by atoms with Gasteiger partial charge in [0.15, 0.2) is 0 Å². The number of amides is 2. The standard InChI is InChI=1S/C27H34N4O2/c1-2-20-11-6-7-14-22(20)30-26(32)19-31-24-16-9-8-15-23(24)29-25(31)17-10-18-28-27(33)21-12-4-3-5-13-21/h6-9,11,14-16,21H,2-5,10,12-13,17-19H2,1H3,(H,28,33)(H,30,32). The molecule has 2 aromatic carbocycles. The first-order chi connectivity index (χ1) is 16.2. The molecule has 1 heterocycles. The summed E-state index contributed by atoms with van der Waals surface area (Å²) in [5, 5.41) is 6.17. The first-order valence-corrected chi connectivity index (χ1v) is 12.3. The van der Waals surface area contributed by atoms with Crippen molar-refractivity contribution in [3.05, 3.63) is 59.9 Å². The van der Waals surface area contributed by atoms with E-state index in [2.05, 4.69) is 17.6 Å². The maximum absolute atomic E-state index is 12.9. The minimum atomic E-state index is -0.0640. The number of nitrogens with one attached hydrogen (secondary N) is 2.